The van der Waals surface area contributed by atoms with E-state index in [1.807, 2.05) is 20.8 Å². The third kappa shape index (κ3) is 4.89. The van der Waals surface area contributed by atoms with Crippen LogP contribution in [0.2, 0.25) is 0 Å². The van der Waals surface area contributed by atoms with Gasteiger partial charge in [-0.2, -0.15) is 0 Å². The van der Waals surface area contributed by atoms with Crippen LogP contribution >= 0.6 is 8.58 Å². The molecule has 0 aromatic rings. The molecular weight excluding hydrogens is 189 g/mol. The summed E-state index contributed by atoms with van der Waals surface area (Å²) in [5.41, 5.74) is 0. The van der Waals surface area contributed by atoms with Crippen molar-refractivity contribution in [3.63, 3.8) is 0 Å². The van der Waals surface area contributed by atoms with E-state index >= 15 is 0 Å². The van der Waals surface area contributed by atoms with Gasteiger partial charge in [0.2, 0.25) is 0 Å². The zero-order valence-corrected chi connectivity index (χ0v) is 9.44. The Morgan fingerprint density at radius 1 is 1.15 bits per heavy atom. The van der Waals surface area contributed by atoms with Gasteiger partial charge in [-0.25, -0.2) is 0 Å². The predicted molar refractivity (Wildman–Crippen MR) is 54.9 cm³/mol. The SMILES string of the molecule is CCN(CC)C(C)PC(O)C(O)O. The maximum Gasteiger partial charge on any atom is 0.182 e. The van der Waals surface area contributed by atoms with Crippen LogP contribution in [0.15, 0.2) is 0 Å². The average Bonchev–Trinajstić information content (AvgIpc) is 2.06. The summed E-state index contributed by atoms with van der Waals surface area (Å²) in [5.74, 6) is -0.817. The Kier molecular flexibility index (Phi) is 6.82. The fraction of sp³-hybridized carbons (Fsp3) is 1.00. The molecule has 13 heavy (non-hydrogen) atoms. The summed E-state index contributed by atoms with van der Waals surface area (Å²) in [6.07, 6.45) is -1.61. The zero-order chi connectivity index (χ0) is 10.4. The summed E-state index contributed by atoms with van der Waals surface area (Å²) in [5, 5.41) is 26.6. The van der Waals surface area contributed by atoms with Crippen LogP contribution < -0.4 is 0 Å². The van der Waals surface area contributed by atoms with Gasteiger partial charge in [0.05, 0.1) is 0 Å². The minimum Gasteiger partial charge on any atom is -0.384 e. The Balaban J connectivity index is 3.89. The summed E-state index contributed by atoms with van der Waals surface area (Å²) in [6, 6.07) is 0. The first-order valence-corrected chi connectivity index (χ1v) is 5.72. The molecule has 0 saturated heterocycles. The van der Waals surface area contributed by atoms with E-state index in [2.05, 4.69) is 4.90 Å². The van der Waals surface area contributed by atoms with E-state index in [-0.39, 0.29) is 14.4 Å². The van der Waals surface area contributed by atoms with Crippen molar-refractivity contribution in [2.24, 2.45) is 0 Å². The molecule has 0 saturated carbocycles. The number of aliphatic hydroxyl groups is 3. The smallest absolute Gasteiger partial charge is 0.182 e. The second kappa shape index (κ2) is 6.68. The molecule has 0 aliphatic heterocycles. The van der Waals surface area contributed by atoms with Gasteiger partial charge in [-0.3, -0.25) is 4.90 Å². The van der Waals surface area contributed by atoms with Gasteiger partial charge in [-0.15, -0.1) is 0 Å². The monoisotopic (exact) mass is 209 g/mol. The summed E-state index contributed by atoms with van der Waals surface area (Å²) >= 11 is 0. The number of aliphatic hydroxyl groups excluding tert-OH is 2. The molecule has 0 aromatic carbocycles. The zero-order valence-electron chi connectivity index (χ0n) is 8.44. The van der Waals surface area contributed by atoms with E-state index in [0.717, 1.165) is 13.1 Å². The number of nitrogens with zero attached hydrogens (tertiary/aromatic N) is 1. The summed E-state index contributed by atoms with van der Waals surface area (Å²) in [4.78, 5) is 2.17. The molecule has 80 valence electrons. The van der Waals surface area contributed by atoms with Crippen molar-refractivity contribution in [1.29, 1.82) is 0 Å². The van der Waals surface area contributed by atoms with Gasteiger partial charge in [0.15, 0.2) is 6.29 Å². The van der Waals surface area contributed by atoms with Crippen LogP contribution in [0.1, 0.15) is 20.8 Å². The van der Waals surface area contributed by atoms with Crippen molar-refractivity contribution >= 4 is 8.58 Å². The van der Waals surface area contributed by atoms with E-state index in [4.69, 9.17) is 10.2 Å². The molecule has 0 radical (unpaired) electrons. The molecule has 0 fully saturated rings. The van der Waals surface area contributed by atoms with E-state index < -0.39 is 12.1 Å². The van der Waals surface area contributed by atoms with Crippen molar-refractivity contribution in [2.75, 3.05) is 13.1 Å². The van der Waals surface area contributed by atoms with Crippen molar-refractivity contribution < 1.29 is 15.3 Å². The maximum atomic E-state index is 9.22. The molecule has 3 unspecified atom stereocenters. The highest BCUT2D eigenvalue weighted by Crippen LogP contribution is 2.27. The van der Waals surface area contributed by atoms with Gasteiger partial charge in [0, 0.05) is 5.78 Å². The third-order valence-electron chi connectivity index (χ3n) is 2.05. The highest BCUT2D eigenvalue weighted by molar-refractivity contribution is 7.39. The Hall–Kier alpha value is 0.270. The number of hydrogen-bond acceptors (Lipinski definition) is 4. The van der Waals surface area contributed by atoms with Crippen molar-refractivity contribution in [3.05, 3.63) is 0 Å². The number of rotatable bonds is 6. The summed E-state index contributed by atoms with van der Waals surface area (Å²) < 4.78 is 0. The van der Waals surface area contributed by atoms with Crippen LogP contribution in [-0.2, 0) is 0 Å². The first kappa shape index (κ1) is 13.3. The van der Waals surface area contributed by atoms with Crippen molar-refractivity contribution in [2.45, 2.75) is 38.7 Å². The van der Waals surface area contributed by atoms with Crippen molar-refractivity contribution in [3.8, 4) is 0 Å². The summed E-state index contributed by atoms with van der Waals surface area (Å²) in [6.45, 7) is 7.91. The van der Waals surface area contributed by atoms with Crippen LogP contribution in [0.4, 0.5) is 0 Å². The largest absolute Gasteiger partial charge is 0.384 e. The van der Waals surface area contributed by atoms with Crippen LogP contribution in [0.3, 0.4) is 0 Å². The Labute approximate surface area is 81.4 Å². The lowest BCUT2D eigenvalue weighted by atomic mass is 10.5. The fourth-order valence-electron chi connectivity index (χ4n) is 1.21. The van der Waals surface area contributed by atoms with E-state index in [1.54, 1.807) is 0 Å². The lowest BCUT2D eigenvalue weighted by Gasteiger charge is -2.28. The molecular formula is C8H20NO3P. The highest BCUT2D eigenvalue weighted by atomic mass is 31.1. The molecule has 3 N–H and O–H groups in total. The molecule has 0 bridgehead atoms. The molecule has 0 aliphatic carbocycles. The van der Waals surface area contributed by atoms with Gasteiger partial charge >= 0.3 is 0 Å². The molecule has 4 nitrogen and oxygen atoms in total. The van der Waals surface area contributed by atoms with Gasteiger partial charge in [0.1, 0.15) is 5.85 Å². The molecule has 0 aliphatic rings. The predicted octanol–water partition coefficient (Wildman–Crippen LogP) is -0.0182. The van der Waals surface area contributed by atoms with E-state index in [1.165, 1.54) is 0 Å². The molecule has 0 spiro atoms. The molecule has 3 atom stereocenters. The molecule has 0 amide bonds. The lowest BCUT2D eigenvalue weighted by molar-refractivity contribution is -0.0903. The minimum absolute atomic E-state index is 0.136. The first-order valence-electron chi connectivity index (χ1n) is 4.57. The van der Waals surface area contributed by atoms with E-state index in [9.17, 15) is 5.11 Å². The molecule has 0 heterocycles. The average molecular weight is 209 g/mol. The molecule has 0 rings (SSSR count). The highest BCUT2D eigenvalue weighted by Gasteiger charge is 2.19. The van der Waals surface area contributed by atoms with Crippen LogP contribution in [0, 0.1) is 0 Å². The first-order chi connectivity index (χ1) is 6.02. The second-order valence-corrected chi connectivity index (χ2v) is 4.68. The maximum absolute atomic E-state index is 9.22. The third-order valence-corrected chi connectivity index (χ3v) is 3.54. The van der Waals surface area contributed by atoms with Gasteiger partial charge in [-0.05, 0) is 20.0 Å². The Morgan fingerprint density at radius 2 is 1.62 bits per heavy atom. The number of hydrogen-bond donors (Lipinski definition) is 3. The quantitative estimate of drug-likeness (QED) is 0.425. The summed E-state index contributed by atoms with van der Waals surface area (Å²) in [7, 11) is 0.136. The second-order valence-electron chi connectivity index (χ2n) is 2.92. The normalized spacial score (nSPS) is 17.5. The fourth-order valence-corrected chi connectivity index (χ4v) is 2.45. The Bertz CT molecular complexity index is 131. The van der Waals surface area contributed by atoms with Gasteiger partial charge in [0.25, 0.3) is 0 Å². The van der Waals surface area contributed by atoms with Crippen LogP contribution in [-0.4, -0.2) is 51.2 Å². The van der Waals surface area contributed by atoms with Gasteiger partial charge < -0.3 is 15.3 Å². The molecule has 0 aromatic heterocycles. The standard InChI is InChI=1S/C8H20NO3P/c1-4-9(5-2)6(3)13-8(12)7(10)11/h6-8,10-13H,4-5H2,1-3H3. The van der Waals surface area contributed by atoms with Gasteiger partial charge in [-0.1, -0.05) is 22.4 Å². The van der Waals surface area contributed by atoms with Crippen LogP contribution in [0.5, 0.6) is 0 Å². The lowest BCUT2D eigenvalue weighted by Crippen LogP contribution is -2.33. The van der Waals surface area contributed by atoms with Crippen molar-refractivity contribution in [1.82, 2.24) is 4.90 Å². The Morgan fingerprint density at radius 3 is 1.92 bits per heavy atom. The molecule has 5 heteroatoms. The van der Waals surface area contributed by atoms with Crippen LogP contribution in [0.25, 0.3) is 0 Å². The topological polar surface area (TPSA) is 63.9 Å². The minimum atomic E-state index is -1.61. The van der Waals surface area contributed by atoms with E-state index in [0.29, 0.717) is 0 Å².